The lowest BCUT2D eigenvalue weighted by Gasteiger charge is -2.34. The smallest absolute Gasteiger partial charge is 0.225 e. The fourth-order valence-electron chi connectivity index (χ4n) is 3.15. The van der Waals surface area contributed by atoms with E-state index in [0.717, 1.165) is 70.7 Å². The number of guanidine groups is 1. The first-order valence-corrected chi connectivity index (χ1v) is 10.9. The van der Waals surface area contributed by atoms with Crippen LogP contribution in [0.1, 0.15) is 23.6 Å². The first-order chi connectivity index (χ1) is 13.8. The summed E-state index contributed by atoms with van der Waals surface area (Å²) in [7, 11) is 0. The second kappa shape index (κ2) is 13.0. The van der Waals surface area contributed by atoms with Crippen molar-refractivity contribution in [3.63, 3.8) is 0 Å². The van der Waals surface area contributed by atoms with Crippen molar-refractivity contribution in [1.82, 2.24) is 25.5 Å². The molecule has 160 valence electrons. The van der Waals surface area contributed by atoms with Gasteiger partial charge in [-0.1, -0.05) is 6.92 Å². The van der Waals surface area contributed by atoms with Gasteiger partial charge in [0, 0.05) is 68.0 Å². The molecule has 0 unspecified atom stereocenters. The number of nitrogens with one attached hydrogen (secondary N) is 2. The molecule has 2 aromatic heterocycles. The predicted octanol–water partition coefficient (Wildman–Crippen LogP) is 2.60. The van der Waals surface area contributed by atoms with E-state index in [0.29, 0.717) is 0 Å². The molecule has 7 nitrogen and oxygen atoms in total. The molecule has 2 N–H and O–H groups in total. The van der Waals surface area contributed by atoms with Crippen molar-refractivity contribution in [3.05, 3.63) is 40.3 Å². The molecule has 3 rings (SSSR count). The van der Waals surface area contributed by atoms with E-state index in [4.69, 9.17) is 4.99 Å². The molecule has 0 atom stereocenters. The molecular weight excluding hydrogens is 497 g/mol. The Hall–Kier alpha value is -1.46. The first kappa shape index (κ1) is 23.8. The van der Waals surface area contributed by atoms with Gasteiger partial charge in [0.1, 0.15) is 0 Å². The molecule has 1 fully saturated rings. The molecule has 3 heterocycles. The van der Waals surface area contributed by atoms with Crippen LogP contribution in [0.2, 0.25) is 0 Å². The quantitative estimate of drug-likeness (QED) is 0.312. The third kappa shape index (κ3) is 7.71. The summed E-state index contributed by atoms with van der Waals surface area (Å²) in [6.07, 6.45) is 4.70. The van der Waals surface area contributed by atoms with E-state index < -0.39 is 0 Å². The van der Waals surface area contributed by atoms with E-state index in [2.05, 4.69) is 56.4 Å². The molecular formula is C20H32IN7S. The molecule has 2 aromatic rings. The Labute approximate surface area is 195 Å². The summed E-state index contributed by atoms with van der Waals surface area (Å²) < 4.78 is 0. The monoisotopic (exact) mass is 529 g/mol. The van der Waals surface area contributed by atoms with Crippen molar-refractivity contribution >= 4 is 47.2 Å². The Kier molecular flexibility index (Phi) is 10.6. The van der Waals surface area contributed by atoms with E-state index in [1.54, 1.807) is 12.4 Å². The summed E-state index contributed by atoms with van der Waals surface area (Å²) in [6.45, 7) is 11.8. The fourth-order valence-corrected chi connectivity index (χ4v) is 4.04. The van der Waals surface area contributed by atoms with Gasteiger partial charge in [-0.25, -0.2) is 15.0 Å². The molecule has 0 aromatic carbocycles. The number of aryl methyl sites for hydroxylation is 1. The molecule has 0 saturated carbocycles. The molecule has 9 heteroatoms. The number of thiophene rings is 1. The van der Waals surface area contributed by atoms with Crippen molar-refractivity contribution in [2.24, 2.45) is 4.99 Å². The summed E-state index contributed by atoms with van der Waals surface area (Å²) in [6, 6.07) is 6.25. The summed E-state index contributed by atoms with van der Waals surface area (Å²) in [5.41, 5.74) is 0. The largest absolute Gasteiger partial charge is 0.357 e. The number of hydrogen-bond acceptors (Lipinski definition) is 6. The van der Waals surface area contributed by atoms with Crippen LogP contribution in [0.4, 0.5) is 5.95 Å². The van der Waals surface area contributed by atoms with Crippen LogP contribution in [0.3, 0.4) is 0 Å². The second-order valence-electron chi connectivity index (χ2n) is 6.72. The average molecular weight is 529 g/mol. The summed E-state index contributed by atoms with van der Waals surface area (Å²) in [4.78, 5) is 20.9. The molecule has 0 bridgehead atoms. The number of aliphatic imine (C=N–C) groups is 1. The highest BCUT2D eigenvalue weighted by Crippen LogP contribution is 2.17. The lowest BCUT2D eigenvalue weighted by molar-refractivity contribution is 0.260. The topological polar surface area (TPSA) is 68.7 Å². The highest BCUT2D eigenvalue weighted by atomic mass is 127. The maximum atomic E-state index is 4.73. The lowest BCUT2D eigenvalue weighted by atomic mass is 10.3. The SMILES string of the molecule is CCNC(=NCc1ccc(CC)s1)NCCN1CCN(c2ncccn2)CC1.I. The highest BCUT2D eigenvalue weighted by Gasteiger charge is 2.18. The molecule has 0 amide bonds. The number of halogens is 1. The number of anilines is 1. The van der Waals surface area contributed by atoms with Crippen LogP contribution in [-0.2, 0) is 13.0 Å². The Morgan fingerprint density at radius 1 is 1.07 bits per heavy atom. The van der Waals surface area contributed by atoms with Gasteiger partial charge >= 0.3 is 0 Å². The summed E-state index contributed by atoms with van der Waals surface area (Å²) in [5, 5.41) is 6.81. The number of aromatic nitrogens is 2. The van der Waals surface area contributed by atoms with Gasteiger partial charge in [0.05, 0.1) is 6.54 Å². The number of nitrogens with zero attached hydrogens (tertiary/aromatic N) is 5. The van der Waals surface area contributed by atoms with Crippen LogP contribution in [0.25, 0.3) is 0 Å². The Balaban J connectivity index is 0.00000300. The first-order valence-electron chi connectivity index (χ1n) is 10.1. The molecule has 0 aliphatic carbocycles. The minimum absolute atomic E-state index is 0. The summed E-state index contributed by atoms with van der Waals surface area (Å²) >= 11 is 1.85. The van der Waals surface area contributed by atoms with Gasteiger partial charge in [-0.2, -0.15) is 0 Å². The molecule has 29 heavy (non-hydrogen) atoms. The zero-order valence-corrected chi connectivity index (χ0v) is 20.5. The van der Waals surface area contributed by atoms with Crippen molar-refractivity contribution < 1.29 is 0 Å². The minimum Gasteiger partial charge on any atom is -0.357 e. The van der Waals surface area contributed by atoms with Gasteiger partial charge in [0.25, 0.3) is 0 Å². The molecule has 1 aliphatic heterocycles. The Bertz CT molecular complexity index is 729. The van der Waals surface area contributed by atoms with Crippen molar-refractivity contribution in [1.29, 1.82) is 0 Å². The van der Waals surface area contributed by atoms with Gasteiger partial charge in [-0.3, -0.25) is 4.90 Å². The maximum Gasteiger partial charge on any atom is 0.225 e. The van der Waals surface area contributed by atoms with Gasteiger partial charge in [-0.15, -0.1) is 35.3 Å². The van der Waals surface area contributed by atoms with Crippen LogP contribution in [0, 0.1) is 0 Å². The predicted molar refractivity (Wildman–Crippen MR) is 133 cm³/mol. The average Bonchev–Trinajstić information content (AvgIpc) is 3.21. The minimum atomic E-state index is 0. The molecule has 0 spiro atoms. The van der Waals surface area contributed by atoms with Crippen LogP contribution in [-0.4, -0.2) is 66.6 Å². The van der Waals surface area contributed by atoms with E-state index in [-0.39, 0.29) is 24.0 Å². The van der Waals surface area contributed by atoms with Crippen molar-refractivity contribution in [3.8, 4) is 0 Å². The number of piperazine rings is 1. The standard InChI is InChI=1S/C20H31N7S.HI/c1-3-17-6-7-18(28-17)16-25-19(21-4-2)22-10-11-26-12-14-27(15-13-26)20-23-8-5-9-24-20;/h5-9H,3-4,10-16H2,1-2H3,(H2,21,22,25);1H. The Morgan fingerprint density at radius 2 is 1.79 bits per heavy atom. The van der Waals surface area contributed by atoms with Gasteiger partial charge < -0.3 is 15.5 Å². The lowest BCUT2D eigenvalue weighted by Crippen LogP contribution is -2.49. The zero-order valence-electron chi connectivity index (χ0n) is 17.3. The van der Waals surface area contributed by atoms with Crippen LogP contribution >= 0.6 is 35.3 Å². The van der Waals surface area contributed by atoms with Crippen molar-refractivity contribution in [2.75, 3.05) is 50.7 Å². The second-order valence-corrected chi connectivity index (χ2v) is 7.97. The van der Waals surface area contributed by atoms with Crippen LogP contribution in [0.5, 0.6) is 0 Å². The molecule has 1 aliphatic rings. The summed E-state index contributed by atoms with van der Waals surface area (Å²) in [5.74, 6) is 1.73. The third-order valence-electron chi connectivity index (χ3n) is 4.73. The maximum absolute atomic E-state index is 4.73. The van der Waals surface area contributed by atoms with Gasteiger partial charge in [0.2, 0.25) is 5.95 Å². The normalized spacial score (nSPS) is 15.1. The Morgan fingerprint density at radius 3 is 2.45 bits per heavy atom. The highest BCUT2D eigenvalue weighted by molar-refractivity contribution is 14.0. The van der Waals surface area contributed by atoms with E-state index >= 15 is 0 Å². The van der Waals surface area contributed by atoms with Crippen molar-refractivity contribution in [2.45, 2.75) is 26.8 Å². The third-order valence-corrected chi connectivity index (χ3v) is 5.95. The molecule has 0 radical (unpaired) electrons. The number of rotatable bonds is 8. The zero-order chi connectivity index (χ0) is 19.6. The van der Waals surface area contributed by atoms with Gasteiger partial charge in [-0.05, 0) is 31.5 Å². The molecule has 1 saturated heterocycles. The van der Waals surface area contributed by atoms with Crippen LogP contribution < -0.4 is 15.5 Å². The fraction of sp³-hybridized carbons (Fsp3) is 0.550. The van der Waals surface area contributed by atoms with E-state index in [9.17, 15) is 0 Å². The van der Waals surface area contributed by atoms with E-state index in [1.165, 1.54) is 9.75 Å². The van der Waals surface area contributed by atoms with Crippen LogP contribution in [0.15, 0.2) is 35.6 Å². The van der Waals surface area contributed by atoms with E-state index in [1.807, 2.05) is 17.4 Å². The van der Waals surface area contributed by atoms with Gasteiger partial charge in [0.15, 0.2) is 5.96 Å². The number of hydrogen-bond donors (Lipinski definition) is 2.